The first-order valence-corrected chi connectivity index (χ1v) is 10.4. The Hall–Kier alpha value is -2.08. The van der Waals surface area contributed by atoms with Gasteiger partial charge in [-0.25, -0.2) is 9.98 Å². The quantitative estimate of drug-likeness (QED) is 0.577. The number of anilines is 1. The average molecular weight is 372 g/mol. The van der Waals surface area contributed by atoms with E-state index in [-0.39, 0.29) is 0 Å². The molecule has 0 aliphatic carbocycles. The summed E-state index contributed by atoms with van der Waals surface area (Å²) in [6, 6.07) is 6.45. The smallest absolute Gasteiger partial charge is 0.191 e. The van der Waals surface area contributed by atoms with Gasteiger partial charge in [-0.15, -0.1) is 0 Å². The average Bonchev–Trinajstić information content (AvgIpc) is 3.38. The Labute approximate surface area is 160 Å². The van der Waals surface area contributed by atoms with Crippen molar-refractivity contribution in [1.82, 2.24) is 15.6 Å². The standard InChI is InChI=1S/C20H29N5S/c1-3-21-20(23-12-16(2)18-8-11-26-15-18)24-14-17-6-7-19(22-13-17)25-9-4-5-10-25/h6-8,11,13,15-16H,3-5,9-10,12,14H2,1-2H3,(H2,21,23,24). The van der Waals surface area contributed by atoms with Gasteiger partial charge in [0.25, 0.3) is 0 Å². The second-order valence-electron chi connectivity index (χ2n) is 6.75. The van der Waals surface area contributed by atoms with E-state index in [2.05, 4.69) is 63.3 Å². The molecule has 1 aliphatic heterocycles. The zero-order valence-corrected chi connectivity index (χ0v) is 16.6. The number of aliphatic imine (C=N–C) groups is 1. The molecule has 1 fully saturated rings. The summed E-state index contributed by atoms with van der Waals surface area (Å²) in [7, 11) is 0. The number of nitrogens with one attached hydrogen (secondary N) is 2. The predicted molar refractivity (Wildman–Crippen MR) is 111 cm³/mol. The van der Waals surface area contributed by atoms with Crippen molar-refractivity contribution in [2.24, 2.45) is 4.99 Å². The lowest BCUT2D eigenvalue weighted by atomic mass is 10.1. The lowest BCUT2D eigenvalue weighted by Gasteiger charge is -2.16. The fourth-order valence-corrected chi connectivity index (χ4v) is 3.86. The van der Waals surface area contributed by atoms with Gasteiger partial charge in [-0.05, 0) is 59.7 Å². The van der Waals surface area contributed by atoms with Crippen molar-refractivity contribution in [2.75, 3.05) is 31.1 Å². The SMILES string of the molecule is CCNC(=NCc1ccc(N2CCCC2)nc1)NCC(C)c1ccsc1. The summed E-state index contributed by atoms with van der Waals surface area (Å²) in [4.78, 5) is 11.7. The van der Waals surface area contributed by atoms with Crippen molar-refractivity contribution in [3.05, 3.63) is 46.3 Å². The fourth-order valence-electron chi connectivity index (χ4n) is 3.08. The first-order chi connectivity index (χ1) is 12.8. The van der Waals surface area contributed by atoms with Gasteiger partial charge in [0.1, 0.15) is 5.82 Å². The van der Waals surface area contributed by atoms with Gasteiger partial charge in [0.2, 0.25) is 0 Å². The third-order valence-electron chi connectivity index (χ3n) is 4.69. The van der Waals surface area contributed by atoms with Gasteiger partial charge < -0.3 is 15.5 Å². The highest BCUT2D eigenvalue weighted by atomic mass is 32.1. The molecule has 0 amide bonds. The second kappa shape index (κ2) is 9.57. The van der Waals surface area contributed by atoms with E-state index in [1.165, 1.54) is 18.4 Å². The summed E-state index contributed by atoms with van der Waals surface area (Å²) >= 11 is 1.75. The second-order valence-corrected chi connectivity index (χ2v) is 7.53. The Morgan fingerprint density at radius 3 is 2.77 bits per heavy atom. The molecule has 0 bridgehead atoms. The molecule has 1 unspecified atom stereocenters. The van der Waals surface area contributed by atoms with Crippen LogP contribution in [0.15, 0.2) is 40.1 Å². The first-order valence-electron chi connectivity index (χ1n) is 9.50. The van der Waals surface area contributed by atoms with E-state index in [0.29, 0.717) is 12.5 Å². The number of pyridine rings is 1. The molecular weight excluding hydrogens is 342 g/mol. The summed E-state index contributed by atoms with van der Waals surface area (Å²) in [5, 5.41) is 11.1. The maximum atomic E-state index is 4.71. The Morgan fingerprint density at radius 1 is 1.27 bits per heavy atom. The molecule has 2 aromatic heterocycles. The van der Waals surface area contributed by atoms with Crippen LogP contribution in [0.4, 0.5) is 5.82 Å². The maximum Gasteiger partial charge on any atom is 0.191 e. The largest absolute Gasteiger partial charge is 0.357 e. The first kappa shape index (κ1) is 18.7. The molecule has 1 atom stereocenters. The molecule has 1 aliphatic rings. The number of hydrogen-bond donors (Lipinski definition) is 2. The van der Waals surface area contributed by atoms with E-state index >= 15 is 0 Å². The van der Waals surface area contributed by atoms with Gasteiger partial charge in [-0.3, -0.25) is 0 Å². The number of rotatable bonds is 7. The molecule has 0 saturated carbocycles. The van der Waals surface area contributed by atoms with Crippen molar-refractivity contribution in [2.45, 2.75) is 39.2 Å². The topological polar surface area (TPSA) is 52.6 Å². The Bertz CT molecular complexity index is 675. The third-order valence-corrected chi connectivity index (χ3v) is 5.39. The zero-order chi connectivity index (χ0) is 18.2. The predicted octanol–water partition coefficient (Wildman–Crippen LogP) is 3.60. The van der Waals surface area contributed by atoms with Crippen LogP contribution in [0.2, 0.25) is 0 Å². The molecule has 26 heavy (non-hydrogen) atoms. The van der Waals surface area contributed by atoms with E-state index in [0.717, 1.165) is 43.5 Å². The molecule has 0 aromatic carbocycles. The van der Waals surface area contributed by atoms with Crippen LogP contribution in [0.25, 0.3) is 0 Å². The summed E-state index contributed by atoms with van der Waals surface area (Å²) in [5.41, 5.74) is 2.51. The molecule has 1 saturated heterocycles. The normalized spacial score (nSPS) is 15.9. The molecule has 3 heterocycles. The van der Waals surface area contributed by atoms with Crippen molar-refractivity contribution in [3.8, 4) is 0 Å². The van der Waals surface area contributed by atoms with Crippen LogP contribution in [-0.4, -0.2) is 37.1 Å². The van der Waals surface area contributed by atoms with Gasteiger partial charge in [0.05, 0.1) is 6.54 Å². The van der Waals surface area contributed by atoms with Crippen LogP contribution in [0, 0.1) is 0 Å². The number of hydrogen-bond acceptors (Lipinski definition) is 4. The lowest BCUT2D eigenvalue weighted by molar-refractivity contribution is 0.701. The van der Waals surface area contributed by atoms with Crippen LogP contribution in [0.5, 0.6) is 0 Å². The summed E-state index contributed by atoms with van der Waals surface area (Å²) in [6.07, 6.45) is 4.50. The highest BCUT2D eigenvalue weighted by Crippen LogP contribution is 2.18. The van der Waals surface area contributed by atoms with Gasteiger partial charge in [-0.1, -0.05) is 13.0 Å². The van der Waals surface area contributed by atoms with Gasteiger partial charge in [0.15, 0.2) is 5.96 Å². The van der Waals surface area contributed by atoms with Crippen molar-refractivity contribution < 1.29 is 0 Å². The maximum absolute atomic E-state index is 4.71. The minimum absolute atomic E-state index is 0.464. The van der Waals surface area contributed by atoms with E-state index in [4.69, 9.17) is 4.99 Å². The van der Waals surface area contributed by atoms with Crippen molar-refractivity contribution in [1.29, 1.82) is 0 Å². The highest BCUT2D eigenvalue weighted by molar-refractivity contribution is 7.07. The number of thiophene rings is 1. The molecule has 0 spiro atoms. The Balaban J connectivity index is 1.54. The van der Waals surface area contributed by atoms with Gasteiger partial charge in [0, 0.05) is 32.4 Å². The Kier molecular flexibility index (Phi) is 6.89. The van der Waals surface area contributed by atoms with Crippen LogP contribution >= 0.6 is 11.3 Å². The van der Waals surface area contributed by atoms with Crippen LogP contribution in [0.1, 0.15) is 43.7 Å². The minimum atomic E-state index is 0.464. The van der Waals surface area contributed by atoms with Crippen molar-refractivity contribution >= 4 is 23.1 Å². The molecule has 3 rings (SSSR count). The molecule has 140 valence electrons. The molecule has 2 N–H and O–H groups in total. The van der Waals surface area contributed by atoms with Crippen LogP contribution in [-0.2, 0) is 6.54 Å². The zero-order valence-electron chi connectivity index (χ0n) is 15.7. The van der Waals surface area contributed by atoms with Crippen molar-refractivity contribution in [3.63, 3.8) is 0 Å². The fraction of sp³-hybridized carbons (Fsp3) is 0.500. The van der Waals surface area contributed by atoms with Gasteiger partial charge in [-0.2, -0.15) is 11.3 Å². The van der Waals surface area contributed by atoms with Gasteiger partial charge >= 0.3 is 0 Å². The molecule has 0 radical (unpaired) electrons. The summed E-state index contributed by atoms with van der Waals surface area (Å²) in [5.74, 6) is 2.41. The summed E-state index contributed by atoms with van der Waals surface area (Å²) in [6.45, 7) is 8.93. The Morgan fingerprint density at radius 2 is 2.12 bits per heavy atom. The highest BCUT2D eigenvalue weighted by Gasteiger charge is 2.13. The summed E-state index contributed by atoms with van der Waals surface area (Å²) < 4.78 is 0. The number of guanidine groups is 1. The van der Waals surface area contributed by atoms with Crippen LogP contribution in [0.3, 0.4) is 0 Å². The molecule has 5 nitrogen and oxygen atoms in total. The number of aromatic nitrogens is 1. The molecule has 2 aromatic rings. The lowest BCUT2D eigenvalue weighted by Crippen LogP contribution is -2.39. The molecular formula is C20H29N5S. The van der Waals surface area contributed by atoms with E-state index in [1.807, 2.05) is 6.20 Å². The van der Waals surface area contributed by atoms with E-state index in [9.17, 15) is 0 Å². The van der Waals surface area contributed by atoms with E-state index < -0.39 is 0 Å². The third kappa shape index (κ3) is 5.21. The number of nitrogens with zero attached hydrogens (tertiary/aromatic N) is 3. The van der Waals surface area contributed by atoms with Crippen LogP contribution < -0.4 is 15.5 Å². The minimum Gasteiger partial charge on any atom is -0.357 e. The monoisotopic (exact) mass is 371 g/mol. The van der Waals surface area contributed by atoms with E-state index in [1.54, 1.807) is 11.3 Å². The molecule has 6 heteroatoms.